The molecule has 0 radical (unpaired) electrons. The fourth-order valence-corrected chi connectivity index (χ4v) is 5.90. The van der Waals surface area contributed by atoms with Crippen LogP contribution in [0.2, 0.25) is 0 Å². The summed E-state index contributed by atoms with van der Waals surface area (Å²) >= 11 is 0. The van der Waals surface area contributed by atoms with Crippen molar-refractivity contribution in [1.82, 2.24) is 39.9 Å². The minimum Gasteiger partial charge on any atom is -0.480 e. The highest BCUT2D eigenvalue weighted by Gasteiger charge is 2.46. The molecular weight excluding hydrogens is 559 g/mol. The second kappa shape index (κ2) is 10.1. The average molecular weight is 592 g/mol. The van der Waals surface area contributed by atoms with Gasteiger partial charge in [-0.2, -0.15) is 18.3 Å². The summed E-state index contributed by atoms with van der Waals surface area (Å²) in [6.07, 6.45) is 3.26. The molecule has 1 saturated carbocycles. The van der Waals surface area contributed by atoms with Crippen molar-refractivity contribution in [1.29, 1.82) is 0 Å². The van der Waals surface area contributed by atoms with E-state index in [0.29, 0.717) is 41.9 Å². The number of allylic oxidation sites excluding steroid dienone is 1. The van der Waals surface area contributed by atoms with Crippen LogP contribution in [0, 0.1) is 0 Å². The summed E-state index contributed by atoms with van der Waals surface area (Å²) in [4.78, 5) is 22.5. The molecule has 13 heteroatoms. The topological polar surface area (TPSA) is 97.1 Å². The third-order valence-electron chi connectivity index (χ3n) is 8.58. The SMILES string of the molecule is CCN1C=C(C(F)(F)F)NC1(C)c1ccc(Cn2nc(N3CCC3)c3cnc(-c4c(OC)ncnc4C4CC4)nc32)cc1. The number of ether oxygens (including phenoxy) is 1. The Morgan fingerprint density at radius 1 is 1.09 bits per heavy atom. The lowest BCUT2D eigenvalue weighted by Crippen LogP contribution is -2.47. The molecule has 1 N–H and O–H groups in total. The average Bonchev–Trinajstić information content (AvgIpc) is 3.68. The lowest BCUT2D eigenvalue weighted by atomic mass is 9.99. The first kappa shape index (κ1) is 27.4. The van der Waals surface area contributed by atoms with Crippen molar-refractivity contribution in [2.24, 2.45) is 0 Å². The predicted octanol–water partition coefficient (Wildman–Crippen LogP) is 4.93. The van der Waals surface area contributed by atoms with Gasteiger partial charge in [-0.15, -0.1) is 0 Å². The fourth-order valence-electron chi connectivity index (χ4n) is 5.90. The van der Waals surface area contributed by atoms with Crippen LogP contribution in [0.5, 0.6) is 5.88 Å². The number of fused-ring (bicyclic) bond motifs is 1. The van der Waals surface area contributed by atoms with Gasteiger partial charge >= 0.3 is 6.18 Å². The van der Waals surface area contributed by atoms with E-state index in [2.05, 4.69) is 20.2 Å². The number of rotatable bonds is 8. The molecule has 10 nitrogen and oxygen atoms in total. The zero-order valence-electron chi connectivity index (χ0n) is 24.2. The van der Waals surface area contributed by atoms with Crippen LogP contribution in [0.25, 0.3) is 22.4 Å². The first-order valence-electron chi connectivity index (χ1n) is 14.5. The van der Waals surface area contributed by atoms with Crippen LogP contribution >= 0.6 is 0 Å². The number of hydrogen-bond acceptors (Lipinski definition) is 9. The van der Waals surface area contributed by atoms with Crippen molar-refractivity contribution >= 4 is 16.9 Å². The summed E-state index contributed by atoms with van der Waals surface area (Å²) in [6, 6.07) is 7.60. The van der Waals surface area contributed by atoms with Gasteiger partial charge in [-0.1, -0.05) is 24.3 Å². The van der Waals surface area contributed by atoms with Gasteiger partial charge in [0.05, 0.1) is 24.7 Å². The second-order valence-corrected chi connectivity index (χ2v) is 11.4. The minimum absolute atomic E-state index is 0.341. The Labute approximate surface area is 246 Å². The molecule has 2 aliphatic heterocycles. The molecule has 224 valence electrons. The molecule has 5 heterocycles. The standard InChI is InChI=1S/C30H32F3N9O/c1-4-41-16-22(30(31,32)33)38-29(41,2)20-10-6-18(7-11-20)15-42-26-21(27(39-42)40-12-5-13-40)14-34-25(37-26)23-24(19-8-9-19)35-17-36-28(23)43-3/h6-7,10-11,14,16-17,19,38H,4-5,8-9,12-13,15H2,1-3H3. The Morgan fingerprint density at radius 2 is 1.86 bits per heavy atom. The maximum absolute atomic E-state index is 13.5. The van der Waals surface area contributed by atoms with Crippen molar-refractivity contribution in [3.05, 3.63) is 65.5 Å². The van der Waals surface area contributed by atoms with Crippen LogP contribution in [0.15, 0.2) is 48.7 Å². The first-order valence-corrected chi connectivity index (χ1v) is 14.5. The van der Waals surface area contributed by atoms with Gasteiger partial charge in [0.1, 0.15) is 23.3 Å². The summed E-state index contributed by atoms with van der Waals surface area (Å²) in [5.41, 5.74) is 2.20. The molecule has 0 bridgehead atoms. The molecule has 1 atom stereocenters. The number of methoxy groups -OCH3 is 1. The Hall–Kier alpha value is -4.42. The Kier molecular flexibility index (Phi) is 6.44. The first-order chi connectivity index (χ1) is 20.7. The quantitative estimate of drug-likeness (QED) is 0.306. The molecule has 0 amide bonds. The Balaban J connectivity index is 1.24. The fraction of sp³-hybridized carbons (Fsp3) is 0.433. The number of nitrogens with one attached hydrogen (secondary N) is 1. The predicted molar refractivity (Wildman–Crippen MR) is 154 cm³/mol. The smallest absolute Gasteiger partial charge is 0.432 e. The molecule has 0 spiro atoms. The van der Waals surface area contributed by atoms with Gasteiger partial charge in [0.15, 0.2) is 17.3 Å². The maximum Gasteiger partial charge on any atom is 0.432 e. The van der Waals surface area contributed by atoms with E-state index in [9.17, 15) is 13.2 Å². The molecule has 2 fully saturated rings. The van der Waals surface area contributed by atoms with E-state index < -0.39 is 17.5 Å². The maximum atomic E-state index is 13.5. The molecule has 1 aliphatic carbocycles. The monoisotopic (exact) mass is 591 g/mol. The van der Waals surface area contributed by atoms with E-state index in [0.717, 1.165) is 66.6 Å². The van der Waals surface area contributed by atoms with Crippen LogP contribution in [0.3, 0.4) is 0 Å². The summed E-state index contributed by atoms with van der Waals surface area (Å²) < 4.78 is 48.0. The van der Waals surface area contributed by atoms with E-state index in [-0.39, 0.29) is 0 Å². The largest absolute Gasteiger partial charge is 0.480 e. The van der Waals surface area contributed by atoms with Gasteiger partial charge in [-0.05, 0) is 44.2 Å². The van der Waals surface area contributed by atoms with E-state index >= 15 is 0 Å². The van der Waals surface area contributed by atoms with Crippen LogP contribution in [0.1, 0.15) is 55.8 Å². The van der Waals surface area contributed by atoms with Crippen molar-refractivity contribution in [2.75, 3.05) is 31.6 Å². The number of alkyl halides is 3. The number of hydrogen-bond donors (Lipinski definition) is 1. The van der Waals surface area contributed by atoms with E-state index in [1.165, 1.54) is 6.33 Å². The van der Waals surface area contributed by atoms with E-state index in [1.807, 2.05) is 42.1 Å². The van der Waals surface area contributed by atoms with Gasteiger partial charge in [-0.3, -0.25) is 0 Å². The Bertz CT molecular complexity index is 1710. The van der Waals surface area contributed by atoms with Gasteiger partial charge in [0, 0.05) is 37.9 Å². The summed E-state index contributed by atoms with van der Waals surface area (Å²) in [5.74, 6) is 2.12. The zero-order valence-corrected chi connectivity index (χ0v) is 24.2. The highest BCUT2D eigenvalue weighted by molar-refractivity contribution is 5.89. The normalized spacial score (nSPS) is 20.3. The van der Waals surface area contributed by atoms with Crippen molar-refractivity contribution in [3.8, 4) is 17.3 Å². The third kappa shape index (κ3) is 4.70. The highest BCUT2D eigenvalue weighted by atomic mass is 19.4. The molecular formula is C30H32F3N9O. The van der Waals surface area contributed by atoms with Crippen molar-refractivity contribution < 1.29 is 17.9 Å². The van der Waals surface area contributed by atoms with E-state index in [1.54, 1.807) is 18.9 Å². The molecule has 4 aromatic rings. The van der Waals surface area contributed by atoms with Crippen LogP contribution < -0.4 is 15.0 Å². The summed E-state index contributed by atoms with van der Waals surface area (Å²) in [6.45, 7) is 6.28. The number of anilines is 1. The van der Waals surface area contributed by atoms with Crippen LogP contribution in [-0.2, 0) is 12.2 Å². The third-order valence-corrected chi connectivity index (χ3v) is 8.58. The molecule has 43 heavy (non-hydrogen) atoms. The lowest BCUT2D eigenvalue weighted by Gasteiger charge is -2.36. The van der Waals surface area contributed by atoms with Crippen molar-refractivity contribution in [2.45, 2.75) is 57.4 Å². The number of aromatic nitrogens is 6. The molecule has 1 aromatic carbocycles. The number of halogens is 3. The molecule has 3 aliphatic rings. The van der Waals surface area contributed by atoms with Crippen LogP contribution in [-0.4, -0.2) is 67.5 Å². The molecule has 1 unspecified atom stereocenters. The zero-order chi connectivity index (χ0) is 29.9. The summed E-state index contributed by atoms with van der Waals surface area (Å²) in [5, 5.41) is 8.51. The number of benzene rings is 1. The number of nitrogens with zero attached hydrogens (tertiary/aromatic N) is 8. The van der Waals surface area contributed by atoms with Crippen molar-refractivity contribution in [3.63, 3.8) is 0 Å². The van der Waals surface area contributed by atoms with Gasteiger partial charge in [0.25, 0.3) is 0 Å². The summed E-state index contributed by atoms with van der Waals surface area (Å²) in [7, 11) is 1.58. The van der Waals surface area contributed by atoms with E-state index in [4.69, 9.17) is 19.8 Å². The lowest BCUT2D eigenvalue weighted by molar-refractivity contribution is -0.0977. The molecule has 3 aromatic heterocycles. The Morgan fingerprint density at radius 3 is 2.49 bits per heavy atom. The van der Waals surface area contributed by atoms with Gasteiger partial charge < -0.3 is 19.9 Å². The van der Waals surface area contributed by atoms with Gasteiger partial charge in [-0.25, -0.2) is 24.6 Å². The molecule has 7 rings (SSSR count). The highest BCUT2D eigenvalue weighted by Crippen LogP contribution is 2.45. The minimum atomic E-state index is -4.45. The second-order valence-electron chi connectivity index (χ2n) is 11.4. The molecule has 1 saturated heterocycles. The van der Waals surface area contributed by atoms with Crippen LogP contribution in [0.4, 0.5) is 19.0 Å². The van der Waals surface area contributed by atoms with Gasteiger partial charge in [0.2, 0.25) is 5.88 Å².